The van der Waals surface area contributed by atoms with Crippen LogP contribution in [0.15, 0.2) is 12.5 Å². The second-order valence-corrected chi connectivity index (χ2v) is 9.11. The Balaban J connectivity index is 1.15. The van der Waals surface area contributed by atoms with E-state index >= 15 is 0 Å². The number of aromatic nitrogens is 4. The fourth-order valence-electron chi connectivity index (χ4n) is 4.44. The molecule has 0 atom stereocenters. The van der Waals surface area contributed by atoms with Gasteiger partial charge in [0.2, 0.25) is 5.91 Å². The highest BCUT2D eigenvalue weighted by Crippen LogP contribution is 2.38. The molecule has 0 unspecified atom stereocenters. The van der Waals surface area contributed by atoms with Crippen molar-refractivity contribution in [2.24, 2.45) is 7.05 Å². The quantitative estimate of drug-likeness (QED) is 0.652. The van der Waals surface area contributed by atoms with Crippen LogP contribution in [0.3, 0.4) is 0 Å². The number of nitrogens with zero attached hydrogens (tertiary/aromatic N) is 7. The second kappa shape index (κ2) is 8.24. The molecule has 5 rings (SSSR count). The van der Waals surface area contributed by atoms with E-state index in [1.54, 1.807) is 22.3 Å². The number of aryl methyl sites for hydroxylation is 2. The Morgan fingerprint density at radius 3 is 2.90 bits per heavy atom. The summed E-state index contributed by atoms with van der Waals surface area (Å²) in [4.78, 5) is 27.1. The van der Waals surface area contributed by atoms with E-state index in [0.717, 1.165) is 72.9 Å². The summed E-state index contributed by atoms with van der Waals surface area (Å²) in [7, 11) is 1.88. The van der Waals surface area contributed by atoms with Gasteiger partial charge in [0.15, 0.2) is 5.65 Å². The Morgan fingerprint density at radius 1 is 1.26 bits per heavy atom. The van der Waals surface area contributed by atoms with E-state index in [1.807, 2.05) is 13.2 Å². The number of rotatable bonds is 5. The van der Waals surface area contributed by atoms with Gasteiger partial charge in [0.1, 0.15) is 23.2 Å². The number of hydrogen-bond acceptors (Lipinski definition) is 8. The van der Waals surface area contributed by atoms with Crippen molar-refractivity contribution >= 4 is 39.1 Å². The number of carbonyl (C=O) groups is 1. The minimum atomic E-state index is -0.0216. The first kappa shape index (κ1) is 19.9. The van der Waals surface area contributed by atoms with E-state index in [4.69, 9.17) is 0 Å². The zero-order chi connectivity index (χ0) is 21.4. The Hall–Kier alpha value is -3.03. The number of amides is 1. The predicted octanol–water partition coefficient (Wildman–Crippen LogP) is 1.94. The van der Waals surface area contributed by atoms with E-state index in [9.17, 15) is 10.1 Å². The van der Waals surface area contributed by atoms with E-state index in [-0.39, 0.29) is 5.91 Å². The zero-order valence-corrected chi connectivity index (χ0v) is 18.3. The first-order valence-electron chi connectivity index (χ1n) is 10.6. The van der Waals surface area contributed by atoms with Crippen molar-refractivity contribution in [3.05, 3.63) is 28.5 Å². The van der Waals surface area contributed by atoms with Crippen LogP contribution in [0, 0.1) is 11.3 Å². The molecule has 0 aromatic carbocycles. The molecule has 160 valence electrons. The van der Waals surface area contributed by atoms with Crippen LogP contribution in [-0.4, -0.2) is 63.3 Å². The summed E-state index contributed by atoms with van der Waals surface area (Å²) >= 11 is 1.57. The molecule has 1 saturated heterocycles. The molecule has 0 radical (unpaired) electrons. The molecule has 0 bridgehead atoms. The minimum absolute atomic E-state index is 0.0216. The topological polar surface area (TPSA) is 103 Å². The Morgan fingerprint density at radius 2 is 2.10 bits per heavy atom. The van der Waals surface area contributed by atoms with Crippen molar-refractivity contribution in [1.29, 1.82) is 5.26 Å². The number of piperazine rings is 1. The second-order valence-electron chi connectivity index (χ2n) is 8.00. The molecule has 1 aliphatic heterocycles. The van der Waals surface area contributed by atoms with Gasteiger partial charge in [-0.15, -0.1) is 11.3 Å². The fourth-order valence-corrected chi connectivity index (χ4v) is 5.70. The molecule has 1 fully saturated rings. The van der Waals surface area contributed by atoms with Crippen molar-refractivity contribution in [2.75, 3.05) is 42.9 Å². The number of anilines is 2. The number of thiophene rings is 1. The molecule has 0 spiro atoms. The molecule has 10 heteroatoms. The number of nitrogens with one attached hydrogen (secondary N) is 1. The number of nitriles is 1. The van der Waals surface area contributed by atoms with Gasteiger partial charge in [-0.3, -0.25) is 14.4 Å². The van der Waals surface area contributed by atoms with Crippen molar-refractivity contribution < 1.29 is 4.79 Å². The van der Waals surface area contributed by atoms with Gasteiger partial charge in [0.05, 0.1) is 17.1 Å². The van der Waals surface area contributed by atoms with Crippen molar-refractivity contribution in [3.63, 3.8) is 0 Å². The molecule has 9 nitrogen and oxygen atoms in total. The van der Waals surface area contributed by atoms with Crippen molar-refractivity contribution in [1.82, 2.24) is 24.6 Å². The lowest BCUT2D eigenvalue weighted by Gasteiger charge is -2.35. The minimum Gasteiger partial charge on any atom is -0.353 e. The van der Waals surface area contributed by atoms with Gasteiger partial charge in [0.25, 0.3) is 0 Å². The summed E-state index contributed by atoms with van der Waals surface area (Å²) in [5, 5.41) is 18.4. The van der Waals surface area contributed by atoms with Gasteiger partial charge in [-0.05, 0) is 24.8 Å². The van der Waals surface area contributed by atoms with Crippen LogP contribution in [0.5, 0.6) is 0 Å². The van der Waals surface area contributed by atoms with Gasteiger partial charge in [-0.2, -0.15) is 10.4 Å². The summed E-state index contributed by atoms with van der Waals surface area (Å²) in [6.45, 7) is 4.14. The lowest BCUT2D eigenvalue weighted by atomic mass is 10.1. The molecule has 2 aliphatic rings. The molecule has 1 aliphatic carbocycles. The summed E-state index contributed by atoms with van der Waals surface area (Å²) in [6, 6.07) is 2.28. The van der Waals surface area contributed by atoms with E-state index < -0.39 is 0 Å². The van der Waals surface area contributed by atoms with Crippen LogP contribution in [0.4, 0.5) is 10.8 Å². The highest BCUT2D eigenvalue weighted by Gasteiger charge is 2.24. The normalized spacial score (nSPS) is 16.5. The third kappa shape index (κ3) is 3.75. The highest BCUT2D eigenvalue weighted by molar-refractivity contribution is 7.16. The SMILES string of the molecule is Cn1ncc2c(N3CCN(CCC(=O)Nc4sc5c(c4C#N)CCC5)CC3)ncnc21. The largest absolute Gasteiger partial charge is 0.353 e. The summed E-state index contributed by atoms with van der Waals surface area (Å²) in [5.74, 6) is 0.900. The fraction of sp³-hybridized carbons (Fsp3) is 0.476. The van der Waals surface area contributed by atoms with Gasteiger partial charge >= 0.3 is 0 Å². The van der Waals surface area contributed by atoms with Gasteiger partial charge in [-0.25, -0.2) is 9.97 Å². The smallest absolute Gasteiger partial charge is 0.226 e. The number of fused-ring (bicyclic) bond motifs is 2. The monoisotopic (exact) mass is 436 g/mol. The Kier molecular flexibility index (Phi) is 5.29. The van der Waals surface area contributed by atoms with Crippen LogP contribution in [0.1, 0.15) is 28.8 Å². The van der Waals surface area contributed by atoms with Crippen molar-refractivity contribution in [2.45, 2.75) is 25.7 Å². The maximum Gasteiger partial charge on any atom is 0.226 e. The molecule has 3 aromatic rings. The molecule has 0 saturated carbocycles. The maximum atomic E-state index is 12.5. The van der Waals surface area contributed by atoms with E-state index in [1.165, 1.54) is 4.88 Å². The lowest BCUT2D eigenvalue weighted by Crippen LogP contribution is -2.47. The molecular formula is C21H24N8OS. The molecular weight excluding hydrogens is 412 g/mol. The first-order valence-corrected chi connectivity index (χ1v) is 11.4. The third-order valence-corrected chi connectivity index (χ3v) is 7.33. The highest BCUT2D eigenvalue weighted by atomic mass is 32.1. The Bertz CT molecular complexity index is 1170. The number of hydrogen-bond donors (Lipinski definition) is 1. The molecule has 4 heterocycles. The van der Waals surface area contributed by atoms with Crippen LogP contribution < -0.4 is 10.2 Å². The zero-order valence-electron chi connectivity index (χ0n) is 17.5. The average molecular weight is 437 g/mol. The molecule has 1 N–H and O–H groups in total. The van der Waals surface area contributed by atoms with Gasteiger partial charge in [-0.1, -0.05) is 0 Å². The summed E-state index contributed by atoms with van der Waals surface area (Å²) in [5.41, 5.74) is 2.65. The third-order valence-electron chi connectivity index (χ3n) is 6.12. The van der Waals surface area contributed by atoms with Crippen molar-refractivity contribution in [3.8, 4) is 6.07 Å². The lowest BCUT2D eigenvalue weighted by molar-refractivity contribution is -0.116. The maximum absolute atomic E-state index is 12.5. The molecule has 3 aromatic heterocycles. The van der Waals surface area contributed by atoms with Crippen LogP contribution in [-0.2, 0) is 24.7 Å². The molecule has 31 heavy (non-hydrogen) atoms. The first-order chi connectivity index (χ1) is 15.1. The van der Waals surface area contributed by atoms with E-state index in [0.29, 0.717) is 18.5 Å². The van der Waals surface area contributed by atoms with E-state index in [2.05, 4.69) is 36.3 Å². The van der Waals surface area contributed by atoms with Gasteiger partial charge < -0.3 is 10.2 Å². The molecule has 1 amide bonds. The van der Waals surface area contributed by atoms with Crippen LogP contribution >= 0.6 is 11.3 Å². The predicted molar refractivity (Wildman–Crippen MR) is 119 cm³/mol. The number of carbonyl (C=O) groups excluding carboxylic acids is 1. The van der Waals surface area contributed by atoms with Crippen LogP contribution in [0.25, 0.3) is 11.0 Å². The van der Waals surface area contributed by atoms with Gasteiger partial charge in [0, 0.05) is 51.1 Å². The summed E-state index contributed by atoms with van der Waals surface area (Å²) in [6.07, 6.45) is 6.91. The Labute approximate surface area is 184 Å². The standard InChI is InChI=1S/C21H24N8OS/c1-27-19-16(12-25-27)20(24-13-23-19)29-9-7-28(8-10-29)6-5-18(30)26-21-15(11-22)14-3-2-4-17(14)31-21/h12-13H,2-10H2,1H3,(H,26,30). The van der Waals surface area contributed by atoms with Crippen LogP contribution in [0.2, 0.25) is 0 Å². The summed E-state index contributed by atoms with van der Waals surface area (Å²) < 4.78 is 1.76. The average Bonchev–Trinajstić information content (AvgIpc) is 3.47.